The summed E-state index contributed by atoms with van der Waals surface area (Å²) in [5.74, 6) is 0. The van der Waals surface area contributed by atoms with Crippen LogP contribution in [0.1, 0.15) is 13.8 Å². The molecule has 2 fully saturated rings. The Hall–Kier alpha value is -1.50. The van der Waals surface area contributed by atoms with Gasteiger partial charge < -0.3 is 21.1 Å². The van der Waals surface area contributed by atoms with Gasteiger partial charge in [-0.05, 0) is 13.8 Å². The normalized spacial score (nSPS) is 29.7. The Balaban J connectivity index is 2.24. The second-order valence-corrected chi connectivity index (χ2v) is 4.33. The summed E-state index contributed by atoms with van der Waals surface area (Å²) in [6.07, 6.45) is -0.858. The zero-order chi connectivity index (χ0) is 11.2. The quantitative estimate of drug-likeness (QED) is 0.462. The number of carbonyl (C=O) groups is 2. The van der Waals surface area contributed by atoms with E-state index in [1.54, 1.807) is 13.8 Å². The molecule has 2 heterocycles. The smallest absolute Gasteiger partial charge is 0.321 e. The standard InChI is InChI=1S/C8H14N4O3/c1-8(2,3-13)12-5-4(10-7(12)15)9-6(14)11-5/h4-5,13H,3H2,1-2H3,(H,10,15)(H2,9,11,14). The first-order valence-electron chi connectivity index (χ1n) is 4.73. The Morgan fingerprint density at radius 2 is 2.00 bits per heavy atom. The van der Waals surface area contributed by atoms with Gasteiger partial charge in [-0.1, -0.05) is 0 Å². The summed E-state index contributed by atoms with van der Waals surface area (Å²) in [6.45, 7) is 3.30. The second kappa shape index (κ2) is 2.99. The number of amides is 4. The van der Waals surface area contributed by atoms with Gasteiger partial charge in [-0.25, -0.2) is 9.59 Å². The molecule has 15 heavy (non-hydrogen) atoms. The first-order valence-corrected chi connectivity index (χ1v) is 4.73. The highest BCUT2D eigenvalue weighted by Gasteiger charge is 2.50. The maximum absolute atomic E-state index is 11.6. The highest BCUT2D eigenvalue weighted by Crippen LogP contribution is 2.23. The number of nitrogens with one attached hydrogen (secondary N) is 3. The van der Waals surface area contributed by atoms with E-state index in [0.29, 0.717) is 0 Å². The van der Waals surface area contributed by atoms with Gasteiger partial charge in [0.25, 0.3) is 0 Å². The maximum Gasteiger partial charge on any atom is 0.321 e. The zero-order valence-electron chi connectivity index (χ0n) is 8.57. The fourth-order valence-electron chi connectivity index (χ4n) is 1.86. The summed E-state index contributed by atoms with van der Waals surface area (Å²) >= 11 is 0. The van der Waals surface area contributed by atoms with Gasteiger partial charge >= 0.3 is 12.1 Å². The number of aliphatic hydroxyl groups excluding tert-OH is 1. The average molecular weight is 214 g/mol. The Morgan fingerprint density at radius 3 is 2.60 bits per heavy atom. The lowest BCUT2D eigenvalue weighted by Crippen LogP contribution is -2.56. The summed E-state index contributed by atoms with van der Waals surface area (Å²) in [7, 11) is 0. The van der Waals surface area contributed by atoms with Crippen LogP contribution in [0.3, 0.4) is 0 Å². The summed E-state index contributed by atoms with van der Waals surface area (Å²) in [6, 6.07) is -0.611. The van der Waals surface area contributed by atoms with Crippen molar-refractivity contribution in [2.24, 2.45) is 0 Å². The molecule has 4 N–H and O–H groups in total. The summed E-state index contributed by atoms with van der Waals surface area (Å²) < 4.78 is 0. The van der Waals surface area contributed by atoms with Gasteiger partial charge in [0, 0.05) is 0 Å². The predicted octanol–water partition coefficient (Wildman–Crippen LogP) is -1.25. The van der Waals surface area contributed by atoms with Gasteiger partial charge in [0.05, 0.1) is 12.1 Å². The van der Waals surface area contributed by atoms with Crippen molar-refractivity contribution in [3.05, 3.63) is 0 Å². The minimum atomic E-state index is -0.706. The third-order valence-electron chi connectivity index (χ3n) is 2.70. The summed E-state index contributed by atoms with van der Waals surface area (Å²) in [5, 5.41) is 17.0. The van der Waals surface area contributed by atoms with Gasteiger partial charge in [-0.15, -0.1) is 0 Å². The van der Waals surface area contributed by atoms with Crippen molar-refractivity contribution < 1.29 is 14.7 Å². The molecule has 0 aromatic rings. The van der Waals surface area contributed by atoms with E-state index in [1.807, 2.05) is 0 Å². The number of urea groups is 2. The molecule has 84 valence electrons. The highest BCUT2D eigenvalue weighted by atomic mass is 16.3. The van der Waals surface area contributed by atoms with Crippen molar-refractivity contribution in [1.82, 2.24) is 20.9 Å². The third-order valence-corrected chi connectivity index (χ3v) is 2.70. The number of hydrogen-bond acceptors (Lipinski definition) is 3. The minimum Gasteiger partial charge on any atom is -0.394 e. The van der Waals surface area contributed by atoms with E-state index in [4.69, 9.17) is 0 Å². The largest absolute Gasteiger partial charge is 0.394 e. The summed E-state index contributed by atoms with van der Waals surface area (Å²) in [5.41, 5.74) is -0.706. The van der Waals surface area contributed by atoms with Crippen LogP contribution in [-0.2, 0) is 0 Å². The van der Waals surface area contributed by atoms with E-state index in [2.05, 4.69) is 16.0 Å². The van der Waals surface area contributed by atoms with Crippen LogP contribution in [0.25, 0.3) is 0 Å². The third kappa shape index (κ3) is 1.39. The Morgan fingerprint density at radius 1 is 1.33 bits per heavy atom. The van der Waals surface area contributed by atoms with E-state index < -0.39 is 17.9 Å². The molecule has 0 aliphatic carbocycles. The van der Waals surface area contributed by atoms with Crippen molar-refractivity contribution in [1.29, 1.82) is 0 Å². The minimum absolute atomic E-state index is 0.167. The van der Waals surface area contributed by atoms with Crippen molar-refractivity contribution in [3.8, 4) is 0 Å². The molecule has 4 amide bonds. The molecule has 0 saturated carbocycles. The second-order valence-electron chi connectivity index (χ2n) is 4.33. The van der Waals surface area contributed by atoms with Crippen molar-refractivity contribution in [2.45, 2.75) is 31.7 Å². The number of nitrogens with zero attached hydrogens (tertiary/aromatic N) is 1. The molecule has 0 spiro atoms. The molecule has 0 aromatic carbocycles. The monoisotopic (exact) mass is 214 g/mol. The average Bonchev–Trinajstić information content (AvgIpc) is 2.59. The van der Waals surface area contributed by atoms with Crippen molar-refractivity contribution in [3.63, 3.8) is 0 Å². The summed E-state index contributed by atoms with van der Waals surface area (Å²) in [4.78, 5) is 24.1. The lowest BCUT2D eigenvalue weighted by molar-refractivity contribution is 0.0653. The Bertz CT molecular complexity index is 317. The van der Waals surface area contributed by atoms with Gasteiger partial charge in [-0.3, -0.25) is 4.90 Å². The molecule has 2 aliphatic heterocycles. The number of hydrogen-bond donors (Lipinski definition) is 4. The predicted molar refractivity (Wildman–Crippen MR) is 50.8 cm³/mol. The topological polar surface area (TPSA) is 93.7 Å². The molecule has 2 atom stereocenters. The van der Waals surface area contributed by atoms with Crippen LogP contribution in [-0.4, -0.2) is 46.5 Å². The first-order chi connectivity index (χ1) is 6.95. The van der Waals surface area contributed by atoms with Gasteiger partial charge in [-0.2, -0.15) is 0 Å². The van der Waals surface area contributed by atoms with Crippen LogP contribution in [0.4, 0.5) is 9.59 Å². The van der Waals surface area contributed by atoms with E-state index in [-0.39, 0.29) is 18.7 Å². The first kappa shape index (κ1) is 10.0. The molecule has 0 bridgehead atoms. The van der Waals surface area contributed by atoms with Crippen LogP contribution in [0.2, 0.25) is 0 Å². The van der Waals surface area contributed by atoms with E-state index in [9.17, 15) is 14.7 Å². The van der Waals surface area contributed by atoms with E-state index in [1.165, 1.54) is 4.90 Å². The molecular formula is C8H14N4O3. The lowest BCUT2D eigenvalue weighted by Gasteiger charge is -2.36. The van der Waals surface area contributed by atoms with Crippen LogP contribution in [0, 0.1) is 0 Å². The number of aliphatic hydroxyl groups is 1. The van der Waals surface area contributed by atoms with Crippen LogP contribution in [0.5, 0.6) is 0 Å². The Kier molecular flexibility index (Phi) is 2.00. The van der Waals surface area contributed by atoms with Crippen LogP contribution in [0.15, 0.2) is 0 Å². The number of carbonyl (C=O) groups excluding carboxylic acids is 2. The van der Waals surface area contributed by atoms with Crippen LogP contribution >= 0.6 is 0 Å². The molecular weight excluding hydrogens is 200 g/mol. The molecule has 2 aliphatic rings. The van der Waals surface area contributed by atoms with Gasteiger partial charge in [0.1, 0.15) is 12.3 Å². The zero-order valence-corrected chi connectivity index (χ0v) is 8.57. The molecule has 7 nitrogen and oxygen atoms in total. The van der Waals surface area contributed by atoms with Gasteiger partial charge in [0.2, 0.25) is 0 Å². The molecule has 2 saturated heterocycles. The number of rotatable bonds is 2. The molecule has 0 aromatic heterocycles. The number of fused-ring (bicyclic) bond motifs is 1. The SMILES string of the molecule is CC(C)(CO)N1C(=O)NC2NC(=O)NC21. The van der Waals surface area contributed by atoms with Crippen molar-refractivity contribution in [2.75, 3.05) is 6.61 Å². The Labute approximate surface area is 86.8 Å². The fourth-order valence-corrected chi connectivity index (χ4v) is 1.86. The lowest BCUT2D eigenvalue weighted by atomic mass is 10.0. The highest BCUT2D eigenvalue weighted by molar-refractivity contribution is 5.85. The maximum atomic E-state index is 11.6. The molecule has 7 heteroatoms. The molecule has 2 unspecified atom stereocenters. The van der Waals surface area contributed by atoms with E-state index in [0.717, 1.165) is 0 Å². The molecule has 2 rings (SSSR count). The van der Waals surface area contributed by atoms with Crippen LogP contribution < -0.4 is 16.0 Å². The van der Waals surface area contributed by atoms with Crippen molar-refractivity contribution >= 4 is 12.1 Å². The molecule has 0 radical (unpaired) electrons. The van der Waals surface area contributed by atoms with E-state index >= 15 is 0 Å². The van der Waals surface area contributed by atoms with Gasteiger partial charge in [0.15, 0.2) is 0 Å². The fraction of sp³-hybridized carbons (Fsp3) is 0.750.